The second kappa shape index (κ2) is 6.96. The van der Waals surface area contributed by atoms with E-state index in [1.54, 1.807) is 18.2 Å². The molecule has 0 bridgehead atoms. The minimum absolute atomic E-state index is 0.0962. The molecule has 2 aromatic rings. The van der Waals surface area contributed by atoms with Gasteiger partial charge in [-0.1, -0.05) is 25.5 Å². The summed E-state index contributed by atoms with van der Waals surface area (Å²) in [5, 5.41) is 11.1. The molecule has 1 aromatic carbocycles. The highest BCUT2D eigenvalue weighted by molar-refractivity contribution is 5.39. The number of aromatic nitrogens is 1. The van der Waals surface area contributed by atoms with Gasteiger partial charge in [-0.05, 0) is 37.1 Å². The monoisotopic (exact) mass is 313 g/mol. The van der Waals surface area contributed by atoms with Gasteiger partial charge in [0.15, 0.2) is 0 Å². The molecule has 0 N–H and O–H groups in total. The number of nitro benzene ring substituents is 1. The fourth-order valence-corrected chi connectivity index (χ4v) is 3.43. The summed E-state index contributed by atoms with van der Waals surface area (Å²) in [4.78, 5) is 13.3. The number of nitrogens with zero attached hydrogens (tertiary/aromatic N) is 3. The standard InChI is InChI=1S/C18H23N3O2/c1-2-3-10-20-13-6-12-19-11-5-9-17(19)18(20)15-7-4-8-16(14-15)21(22)23/h4-5,7-9,11,14,18H,2-3,6,10,12-13H2,1H3/t18-/m1/s1. The Morgan fingerprint density at radius 2 is 2.13 bits per heavy atom. The van der Waals surface area contributed by atoms with Crippen LogP contribution in [0.25, 0.3) is 0 Å². The molecule has 122 valence electrons. The Morgan fingerprint density at radius 1 is 1.26 bits per heavy atom. The SMILES string of the molecule is CCCCN1CCCn2cccc2[C@H]1c1cccc([N+](=O)[O-])c1. The molecule has 0 radical (unpaired) electrons. The Kier molecular flexibility index (Phi) is 4.76. The average molecular weight is 313 g/mol. The van der Waals surface area contributed by atoms with Crippen molar-refractivity contribution in [2.24, 2.45) is 0 Å². The van der Waals surface area contributed by atoms with Crippen LogP contribution in [0.1, 0.15) is 43.5 Å². The third-order valence-electron chi connectivity index (χ3n) is 4.55. The van der Waals surface area contributed by atoms with Gasteiger partial charge in [0.2, 0.25) is 0 Å². The summed E-state index contributed by atoms with van der Waals surface area (Å²) in [5.41, 5.74) is 2.41. The zero-order valence-electron chi connectivity index (χ0n) is 13.5. The molecular formula is C18H23N3O2. The molecule has 5 nitrogen and oxygen atoms in total. The van der Waals surface area contributed by atoms with Gasteiger partial charge in [-0.2, -0.15) is 0 Å². The lowest BCUT2D eigenvalue weighted by Crippen LogP contribution is -2.30. The van der Waals surface area contributed by atoms with Crippen LogP contribution in [0.3, 0.4) is 0 Å². The number of fused-ring (bicyclic) bond motifs is 1. The zero-order valence-corrected chi connectivity index (χ0v) is 13.5. The van der Waals surface area contributed by atoms with Gasteiger partial charge in [0.05, 0.1) is 11.0 Å². The molecule has 1 aromatic heterocycles. The Bertz CT molecular complexity index is 680. The van der Waals surface area contributed by atoms with Crippen LogP contribution in [0.2, 0.25) is 0 Å². The maximum absolute atomic E-state index is 11.1. The van der Waals surface area contributed by atoms with Gasteiger partial charge in [-0.3, -0.25) is 15.0 Å². The molecule has 1 aliphatic rings. The van der Waals surface area contributed by atoms with Gasteiger partial charge in [-0.15, -0.1) is 0 Å². The summed E-state index contributed by atoms with van der Waals surface area (Å²) >= 11 is 0. The number of hydrogen-bond acceptors (Lipinski definition) is 3. The van der Waals surface area contributed by atoms with Crippen molar-refractivity contribution in [1.82, 2.24) is 9.47 Å². The third kappa shape index (κ3) is 3.29. The lowest BCUT2D eigenvalue weighted by Gasteiger charge is -2.30. The highest BCUT2D eigenvalue weighted by Crippen LogP contribution is 2.33. The lowest BCUT2D eigenvalue weighted by atomic mass is 10.0. The van der Waals surface area contributed by atoms with E-state index >= 15 is 0 Å². The van der Waals surface area contributed by atoms with Crippen molar-refractivity contribution in [2.45, 2.75) is 38.8 Å². The van der Waals surface area contributed by atoms with E-state index in [2.05, 4.69) is 34.7 Å². The number of rotatable bonds is 5. The molecule has 3 rings (SSSR count). The smallest absolute Gasteiger partial charge is 0.269 e. The predicted molar refractivity (Wildman–Crippen MR) is 90.5 cm³/mol. The van der Waals surface area contributed by atoms with E-state index in [1.807, 2.05) is 6.07 Å². The van der Waals surface area contributed by atoms with Crippen molar-refractivity contribution in [3.63, 3.8) is 0 Å². The van der Waals surface area contributed by atoms with Crippen molar-refractivity contribution >= 4 is 5.69 Å². The maximum Gasteiger partial charge on any atom is 0.269 e. The molecule has 0 fully saturated rings. The Morgan fingerprint density at radius 3 is 2.91 bits per heavy atom. The van der Waals surface area contributed by atoms with E-state index in [4.69, 9.17) is 0 Å². The van der Waals surface area contributed by atoms with Crippen LogP contribution in [0, 0.1) is 10.1 Å². The zero-order chi connectivity index (χ0) is 16.2. The van der Waals surface area contributed by atoms with E-state index in [9.17, 15) is 10.1 Å². The molecule has 1 atom stereocenters. The minimum Gasteiger partial charge on any atom is -0.350 e. The maximum atomic E-state index is 11.1. The van der Waals surface area contributed by atoms with Crippen molar-refractivity contribution in [1.29, 1.82) is 0 Å². The summed E-state index contributed by atoms with van der Waals surface area (Å²) in [7, 11) is 0. The number of hydrogen-bond donors (Lipinski definition) is 0. The Balaban J connectivity index is 2.03. The first-order chi connectivity index (χ1) is 11.2. The largest absolute Gasteiger partial charge is 0.350 e. The van der Waals surface area contributed by atoms with Gasteiger partial charge in [0, 0.05) is 37.1 Å². The summed E-state index contributed by atoms with van der Waals surface area (Å²) in [5.74, 6) is 0. The van der Waals surface area contributed by atoms with Gasteiger partial charge in [0.1, 0.15) is 0 Å². The molecule has 0 spiro atoms. The van der Waals surface area contributed by atoms with Gasteiger partial charge in [-0.25, -0.2) is 0 Å². The summed E-state index contributed by atoms with van der Waals surface area (Å²) in [6.07, 6.45) is 5.52. The fraction of sp³-hybridized carbons (Fsp3) is 0.444. The first-order valence-electron chi connectivity index (χ1n) is 8.34. The predicted octanol–water partition coefficient (Wildman–Crippen LogP) is 3.99. The first kappa shape index (κ1) is 15.7. The Hall–Kier alpha value is -2.14. The van der Waals surface area contributed by atoms with E-state index in [0.717, 1.165) is 44.5 Å². The molecule has 2 heterocycles. The molecule has 0 aliphatic carbocycles. The van der Waals surface area contributed by atoms with Crippen molar-refractivity contribution < 1.29 is 4.92 Å². The summed E-state index contributed by atoms with van der Waals surface area (Å²) in [6.45, 7) is 5.25. The fourth-order valence-electron chi connectivity index (χ4n) is 3.43. The molecule has 0 amide bonds. The Labute approximate surface area is 136 Å². The normalized spacial score (nSPS) is 18.4. The van der Waals surface area contributed by atoms with Crippen LogP contribution in [0.4, 0.5) is 5.69 Å². The van der Waals surface area contributed by atoms with Crippen LogP contribution >= 0.6 is 0 Å². The molecule has 0 saturated carbocycles. The number of unbranched alkanes of at least 4 members (excludes halogenated alkanes) is 1. The van der Waals surface area contributed by atoms with E-state index in [0.29, 0.717) is 0 Å². The molecule has 1 aliphatic heterocycles. The van der Waals surface area contributed by atoms with Crippen molar-refractivity contribution in [3.05, 3.63) is 64.0 Å². The van der Waals surface area contributed by atoms with E-state index in [1.165, 1.54) is 5.69 Å². The molecule has 0 saturated heterocycles. The van der Waals surface area contributed by atoms with Gasteiger partial charge in [0.25, 0.3) is 5.69 Å². The van der Waals surface area contributed by atoms with Crippen LogP contribution in [-0.4, -0.2) is 27.5 Å². The highest BCUT2D eigenvalue weighted by atomic mass is 16.6. The lowest BCUT2D eigenvalue weighted by molar-refractivity contribution is -0.384. The van der Waals surface area contributed by atoms with Crippen LogP contribution in [0.15, 0.2) is 42.6 Å². The van der Waals surface area contributed by atoms with Crippen LogP contribution < -0.4 is 0 Å². The van der Waals surface area contributed by atoms with Gasteiger partial charge >= 0.3 is 0 Å². The molecular weight excluding hydrogens is 290 g/mol. The van der Waals surface area contributed by atoms with Crippen LogP contribution in [0.5, 0.6) is 0 Å². The number of benzene rings is 1. The molecule has 0 unspecified atom stereocenters. The molecule has 23 heavy (non-hydrogen) atoms. The van der Waals surface area contributed by atoms with E-state index in [-0.39, 0.29) is 16.7 Å². The second-order valence-electron chi connectivity index (χ2n) is 6.12. The van der Waals surface area contributed by atoms with Crippen molar-refractivity contribution in [2.75, 3.05) is 13.1 Å². The third-order valence-corrected chi connectivity index (χ3v) is 4.55. The quantitative estimate of drug-likeness (QED) is 0.619. The topological polar surface area (TPSA) is 51.3 Å². The van der Waals surface area contributed by atoms with Crippen molar-refractivity contribution in [3.8, 4) is 0 Å². The second-order valence-corrected chi connectivity index (χ2v) is 6.12. The number of nitro groups is 1. The highest BCUT2D eigenvalue weighted by Gasteiger charge is 2.27. The van der Waals surface area contributed by atoms with Crippen LogP contribution in [-0.2, 0) is 6.54 Å². The average Bonchev–Trinajstić information content (AvgIpc) is 2.94. The number of non-ortho nitro benzene ring substituents is 1. The molecule has 5 heteroatoms. The summed E-state index contributed by atoms with van der Waals surface area (Å²) < 4.78 is 2.29. The summed E-state index contributed by atoms with van der Waals surface area (Å²) in [6, 6.07) is 11.4. The van der Waals surface area contributed by atoms with Gasteiger partial charge < -0.3 is 4.57 Å². The number of aryl methyl sites for hydroxylation is 1. The minimum atomic E-state index is -0.310. The van der Waals surface area contributed by atoms with E-state index < -0.39 is 0 Å². The first-order valence-corrected chi connectivity index (χ1v) is 8.34.